The van der Waals surface area contributed by atoms with Gasteiger partial charge in [0.1, 0.15) is 11.6 Å². The van der Waals surface area contributed by atoms with Gasteiger partial charge in [-0.3, -0.25) is 4.90 Å². The van der Waals surface area contributed by atoms with Crippen molar-refractivity contribution in [3.05, 3.63) is 48.0 Å². The van der Waals surface area contributed by atoms with Crippen LogP contribution in [0.2, 0.25) is 0 Å². The van der Waals surface area contributed by atoms with E-state index in [-0.39, 0.29) is 5.92 Å². The number of fused-ring (bicyclic) bond motifs is 1. The van der Waals surface area contributed by atoms with Gasteiger partial charge in [0.25, 0.3) is 0 Å². The summed E-state index contributed by atoms with van der Waals surface area (Å²) in [5.74, 6) is 2.63. The molecule has 0 unspecified atom stereocenters. The van der Waals surface area contributed by atoms with E-state index in [1.54, 1.807) is 7.11 Å². The summed E-state index contributed by atoms with van der Waals surface area (Å²) in [6.07, 6.45) is 1.17. The molecule has 3 heterocycles. The molecule has 3 N–H and O–H groups in total. The Morgan fingerprint density at radius 3 is 2.58 bits per heavy atom. The number of anilines is 3. The second kappa shape index (κ2) is 11.3. The number of para-hydroxylation sites is 1. The van der Waals surface area contributed by atoms with Gasteiger partial charge in [-0.1, -0.05) is 18.2 Å². The summed E-state index contributed by atoms with van der Waals surface area (Å²) in [5, 5.41) is 17.1. The Hall–Kier alpha value is -3.79. The number of hydrogen-bond acceptors (Lipinski definition) is 8. The minimum atomic E-state index is -0.859. The number of likely N-dealkylation sites (tertiary alicyclic amines) is 2. The van der Waals surface area contributed by atoms with Crippen LogP contribution in [0.5, 0.6) is 5.75 Å². The molecule has 3 aromatic rings. The monoisotopic (exact) mass is 519 g/mol. The largest absolute Gasteiger partial charge is 0.496 e. The fraction of sp³-hybridized carbons (Fsp3) is 0.464. The average Bonchev–Trinajstić information content (AvgIpc) is 2.88. The Labute approximate surface area is 223 Å². The van der Waals surface area contributed by atoms with E-state index in [4.69, 9.17) is 19.8 Å². The molecule has 5 rings (SSSR count). The number of ether oxygens (including phenoxy) is 1. The molecule has 1 aromatic heterocycles. The minimum absolute atomic E-state index is 0.276. The quantitative estimate of drug-likeness (QED) is 0.389. The number of carbonyl (C=O) groups is 1. The fourth-order valence-corrected chi connectivity index (χ4v) is 5.33. The molecule has 2 aromatic carbocycles. The van der Waals surface area contributed by atoms with Crippen LogP contribution in [0.25, 0.3) is 10.9 Å². The maximum atomic E-state index is 11.0. The molecule has 2 saturated heterocycles. The molecule has 202 valence electrons. The highest BCUT2D eigenvalue weighted by Gasteiger charge is 2.30. The van der Waals surface area contributed by atoms with E-state index in [0.717, 1.165) is 54.9 Å². The Balaban J connectivity index is 1.22. The molecule has 0 atom stereocenters. The molecule has 2 aliphatic rings. The molecule has 10 nitrogen and oxygen atoms in total. The summed E-state index contributed by atoms with van der Waals surface area (Å²) in [4.78, 5) is 26.6. The minimum Gasteiger partial charge on any atom is -0.496 e. The van der Waals surface area contributed by atoms with Gasteiger partial charge in [-0.25, -0.2) is 9.78 Å². The van der Waals surface area contributed by atoms with Gasteiger partial charge in [0, 0.05) is 82.0 Å². The number of nitrogens with zero attached hydrogens (tertiary/aromatic N) is 5. The lowest BCUT2D eigenvalue weighted by Gasteiger charge is -2.37. The van der Waals surface area contributed by atoms with Crippen LogP contribution in [0.1, 0.15) is 18.4 Å². The number of hydrogen-bond donors (Lipinski definition) is 3. The zero-order chi connectivity index (χ0) is 26.6. The summed E-state index contributed by atoms with van der Waals surface area (Å²) < 4.78 is 5.68. The van der Waals surface area contributed by atoms with Crippen molar-refractivity contribution in [1.82, 2.24) is 19.8 Å². The van der Waals surface area contributed by atoms with Crippen LogP contribution < -0.4 is 20.3 Å². The molecule has 0 radical (unpaired) electrons. The van der Waals surface area contributed by atoms with Crippen LogP contribution >= 0.6 is 0 Å². The molecule has 0 spiro atoms. The van der Waals surface area contributed by atoms with Gasteiger partial charge in [-0.15, -0.1) is 0 Å². The maximum absolute atomic E-state index is 11.0. The first-order chi connectivity index (χ1) is 18.4. The first-order valence-electron chi connectivity index (χ1n) is 13.2. The molecule has 1 amide bonds. The second-order valence-electron chi connectivity index (χ2n) is 10.4. The van der Waals surface area contributed by atoms with Crippen molar-refractivity contribution < 1.29 is 14.6 Å². The lowest BCUT2D eigenvalue weighted by atomic mass is 10.0. The van der Waals surface area contributed by atoms with Crippen molar-refractivity contribution in [2.24, 2.45) is 5.92 Å². The number of aromatic nitrogens is 2. The Morgan fingerprint density at radius 2 is 1.87 bits per heavy atom. The van der Waals surface area contributed by atoms with Gasteiger partial charge in [0.2, 0.25) is 5.95 Å². The number of rotatable bonds is 9. The third kappa shape index (κ3) is 5.70. The fourth-order valence-electron chi connectivity index (χ4n) is 5.33. The van der Waals surface area contributed by atoms with Gasteiger partial charge < -0.3 is 30.3 Å². The second-order valence-corrected chi connectivity index (χ2v) is 10.4. The van der Waals surface area contributed by atoms with Crippen LogP contribution in [-0.4, -0.2) is 90.9 Å². The summed E-state index contributed by atoms with van der Waals surface area (Å²) in [6, 6.07) is 14.6. The molecular weight excluding hydrogens is 482 g/mol. The van der Waals surface area contributed by atoms with Gasteiger partial charge in [-0.05, 0) is 37.1 Å². The molecule has 2 aliphatic heterocycles. The van der Waals surface area contributed by atoms with Crippen molar-refractivity contribution in [3.8, 4) is 5.75 Å². The number of nitrogens with one attached hydrogen (secondary N) is 2. The molecule has 0 aliphatic carbocycles. The maximum Gasteiger partial charge on any atom is 0.407 e. The zero-order valence-corrected chi connectivity index (χ0v) is 22.4. The van der Waals surface area contributed by atoms with E-state index < -0.39 is 6.09 Å². The van der Waals surface area contributed by atoms with Gasteiger partial charge in [0.15, 0.2) is 0 Å². The topological polar surface area (TPSA) is 106 Å². The van der Waals surface area contributed by atoms with Crippen LogP contribution in [-0.2, 0) is 6.54 Å². The Bertz CT molecular complexity index is 1270. The molecule has 38 heavy (non-hydrogen) atoms. The van der Waals surface area contributed by atoms with Crippen LogP contribution in [0.3, 0.4) is 0 Å². The van der Waals surface area contributed by atoms with Crippen molar-refractivity contribution in [1.29, 1.82) is 0 Å². The van der Waals surface area contributed by atoms with E-state index in [9.17, 15) is 4.79 Å². The predicted octanol–water partition coefficient (Wildman–Crippen LogP) is 3.80. The standard InChI is InChI=1S/C28H37N7O3/c1-33(2)24-9-6-10-25(38-3)22(24)18-34-13-11-20(12-14-34)30-26-21-7-4-5-8-23(21)31-27(32-26)29-15-19-16-35(17-19)28(36)37/h4-10,19-20H,11-18H2,1-3H3,(H,36,37)(H2,29,30,31,32). The lowest BCUT2D eigenvalue weighted by molar-refractivity contribution is 0.0863. The van der Waals surface area contributed by atoms with E-state index in [1.807, 2.05) is 30.3 Å². The summed E-state index contributed by atoms with van der Waals surface area (Å²) in [6.45, 7) is 4.57. The highest BCUT2D eigenvalue weighted by molar-refractivity contribution is 5.90. The predicted molar refractivity (Wildman–Crippen MR) is 150 cm³/mol. The van der Waals surface area contributed by atoms with E-state index in [2.05, 4.69) is 46.7 Å². The first kappa shape index (κ1) is 25.8. The summed E-state index contributed by atoms with van der Waals surface area (Å²) >= 11 is 0. The van der Waals surface area contributed by atoms with Crippen molar-refractivity contribution in [2.45, 2.75) is 25.4 Å². The van der Waals surface area contributed by atoms with Crippen LogP contribution in [0.15, 0.2) is 42.5 Å². The third-order valence-corrected chi connectivity index (χ3v) is 7.50. The first-order valence-corrected chi connectivity index (χ1v) is 13.2. The number of piperidine rings is 1. The number of methoxy groups -OCH3 is 1. The highest BCUT2D eigenvalue weighted by Crippen LogP contribution is 2.31. The number of benzene rings is 2. The van der Waals surface area contributed by atoms with Crippen molar-refractivity contribution in [2.75, 3.05) is 69.5 Å². The molecule has 0 bridgehead atoms. The van der Waals surface area contributed by atoms with Crippen LogP contribution in [0.4, 0.5) is 22.2 Å². The molecule has 0 saturated carbocycles. The Kier molecular flexibility index (Phi) is 7.69. The lowest BCUT2D eigenvalue weighted by Crippen LogP contribution is -2.51. The summed E-state index contributed by atoms with van der Waals surface area (Å²) in [7, 11) is 5.88. The van der Waals surface area contributed by atoms with Crippen molar-refractivity contribution in [3.63, 3.8) is 0 Å². The van der Waals surface area contributed by atoms with E-state index in [0.29, 0.717) is 31.6 Å². The summed E-state index contributed by atoms with van der Waals surface area (Å²) in [5.41, 5.74) is 3.30. The molecular formula is C28H37N7O3. The molecule has 2 fully saturated rings. The number of carboxylic acid groups (broad SMARTS) is 1. The third-order valence-electron chi connectivity index (χ3n) is 7.50. The number of amides is 1. The SMILES string of the molecule is COc1cccc(N(C)C)c1CN1CCC(Nc2nc(NCC3CN(C(=O)O)C3)nc3ccccc23)CC1. The normalized spacial score (nSPS) is 16.8. The van der Waals surface area contributed by atoms with Crippen LogP contribution in [0, 0.1) is 5.92 Å². The van der Waals surface area contributed by atoms with Gasteiger partial charge in [-0.2, -0.15) is 4.98 Å². The Morgan fingerprint density at radius 1 is 1.11 bits per heavy atom. The smallest absolute Gasteiger partial charge is 0.407 e. The van der Waals surface area contributed by atoms with Gasteiger partial charge >= 0.3 is 6.09 Å². The van der Waals surface area contributed by atoms with E-state index >= 15 is 0 Å². The zero-order valence-electron chi connectivity index (χ0n) is 22.4. The highest BCUT2D eigenvalue weighted by atomic mass is 16.5. The molecule has 10 heteroatoms. The average molecular weight is 520 g/mol. The van der Waals surface area contributed by atoms with E-state index in [1.165, 1.54) is 16.2 Å². The van der Waals surface area contributed by atoms with Gasteiger partial charge in [0.05, 0.1) is 12.6 Å². The van der Waals surface area contributed by atoms with Crippen molar-refractivity contribution >= 4 is 34.4 Å².